The molecule has 0 atom stereocenters. The Kier molecular flexibility index (Phi) is 5.61. The van der Waals surface area contributed by atoms with E-state index in [0.717, 1.165) is 32.7 Å². The summed E-state index contributed by atoms with van der Waals surface area (Å²) in [6.45, 7) is 5.70. The summed E-state index contributed by atoms with van der Waals surface area (Å²) in [6, 6.07) is 15.1. The van der Waals surface area contributed by atoms with Crippen LogP contribution in [-0.4, -0.2) is 43.4 Å². The van der Waals surface area contributed by atoms with Gasteiger partial charge in [0, 0.05) is 32.7 Å². The van der Waals surface area contributed by atoms with Crippen molar-refractivity contribution >= 4 is 17.5 Å². The molecule has 2 aromatic carbocycles. The van der Waals surface area contributed by atoms with Crippen LogP contribution in [0.3, 0.4) is 0 Å². The maximum absolute atomic E-state index is 14.0. The van der Waals surface area contributed by atoms with Crippen LogP contribution in [0.25, 0.3) is 6.08 Å². The minimum atomic E-state index is -0.432. The molecule has 1 aliphatic heterocycles. The van der Waals surface area contributed by atoms with Gasteiger partial charge in [-0.2, -0.15) is 0 Å². The zero-order valence-corrected chi connectivity index (χ0v) is 14.5. The number of benzene rings is 2. The number of nitrogens with zero attached hydrogens (tertiary/aromatic N) is 2. The van der Waals surface area contributed by atoms with Gasteiger partial charge in [-0.3, -0.25) is 9.69 Å². The second-order valence-corrected chi connectivity index (χ2v) is 6.29. The van der Waals surface area contributed by atoms with Crippen LogP contribution < -0.4 is 4.90 Å². The van der Waals surface area contributed by atoms with Crippen molar-refractivity contribution in [2.45, 2.75) is 6.92 Å². The van der Waals surface area contributed by atoms with Crippen LogP contribution in [0.2, 0.25) is 0 Å². The molecular weight excluding hydrogens is 315 g/mol. The fraction of sp³-hybridized carbons (Fsp3) is 0.286. The second-order valence-electron chi connectivity index (χ2n) is 6.29. The first-order valence-electron chi connectivity index (χ1n) is 8.63. The third kappa shape index (κ3) is 4.34. The number of Topliss-reactive ketones (excluding diaryl/α,β-unsaturated/α-hetero) is 1. The number of halogens is 1. The maximum atomic E-state index is 14.0. The van der Waals surface area contributed by atoms with E-state index in [1.54, 1.807) is 6.07 Å². The molecule has 0 unspecified atom stereocenters. The van der Waals surface area contributed by atoms with Crippen LogP contribution in [0, 0.1) is 5.82 Å². The van der Waals surface area contributed by atoms with Crippen molar-refractivity contribution in [3.05, 3.63) is 71.6 Å². The van der Waals surface area contributed by atoms with Crippen molar-refractivity contribution in [2.24, 2.45) is 0 Å². The predicted octanol–water partition coefficient (Wildman–Crippen LogP) is 3.86. The molecule has 0 aliphatic carbocycles. The third-order valence-corrected chi connectivity index (χ3v) is 4.53. The van der Waals surface area contributed by atoms with E-state index < -0.39 is 5.82 Å². The van der Waals surface area contributed by atoms with Crippen LogP contribution in [0.4, 0.5) is 10.1 Å². The Bertz CT molecular complexity index is 750. The highest BCUT2D eigenvalue weighted by atomic mass is 19.1. The van der Waals surface area contributed by atoms with Crippen molar-refractivity contribution < 1.29 is 9.18 Å². The number of piperazine rings is 1. The van der Waals surface area contributed by atoms with Gasteiger partial charge in [-0.05, 0) is 24.6 Å². The molecule has 130 valence electrons. The first-order valence-corrected chi connectivity index (χ1v) is 8.63. The lowest BCUT2D eigenvalue weighted by Gasteiger charge is -2.36. The molecule has 1 aliphatic rings. The highest BCUT2D eigenvalue weighted by molar-refractivity contribution is 6.00. The first kappa shape index (κ1) is 17.4. The lowest BCUT2D eigenvalue weighted by molar-refractivity contribution is 0.101. The fourth-order valence-electron chi connectivity index (χ4n) is 3.20. The monoisotopic (exact) mass is 338 g/mol. The SMILES string of the molecule is CC(=O)c1c(F)cccc1N1CCN(C/C=C/c2ccccc2)CC1. The van der Waals surface area contributed by atoms with Gasteiger partial charge < -0.3 is 4.90 Å². The molecule has 3 nitrogen and oxygen atoms in total. The van der Waals surface area contributed by atoms with E-state index in [1.165, 1.54) is 18.6 Å². The van der Waals surface area contributed by atoms with Gasteiger partial charge in [-0.1, -0.05) is 48.6 Å². The van der Waals surface area contributed by atoms with E-state index in [1.807, 2.05) is 24.3 Å². The predicted molar refractivity (Wildman–Crippen MR) is 101 cm³/mol. The van der Waals surface area contributed by atoms with E-state index in [-0.39, 0.29) is 11.3 Å². The Morgan fingerprint density at radius 1 is 1.04 bits per heavy atom. The van der Waals surface area contributed by atoms with Gasteiger partial charge >= 0.3 is 0 Å². The molecule has 25 heavy (non-hydrogen) atoms. The molecule has 1 fully saturated rings. The van der Waals surface area contributed by atoms with Crippen LogP contribution in [0.1, 0.15) is 22.8 Å². The molecule has 0 aromatic heterocycles. The number of hydrogen-bond acceptors (Lipinski definition) is 3. The molecule has 0 amide bonds. The summed E-state index contributed by atoms with van der Waals surface area (Å²) in [5, 5.41) is 0. The van der Waals surface area contributed by atoms with Gasteiger partial charge in [0.2, 0.25) is 0 Å². The highest BCUT2D eigenvalue weighted by Gasteiger charge is 2.21. The summed E-state index contributed by atoms with van der Waals surface area (Å²) >= 11 is 0. The van der Waals surface area contributed by atoms with Crippen molar-refractivity contribution in [1.29, 1.82) is 0 Å². The first-order chi connectivity index (χ1) is 12.1. The Morgan fingerprint density at radius 2 is 1.76 bits per heavy atom. The largest absolute Gasteiger partial charge is 0.368 e. The number of hydrogen-bond donors (Lipinski definition) is 0. The summed E-state index contributed by atoms with van der Waals surface area (Å²) in [6.07, 6.45) is 4.31. The van der Waals surface area contributed by atoms with Crippen LogP contribution in [0.5, 0.6) is 0 Å². The molecule has 0 saturated carbocycles. The Balaban J connectivity index is 1.58. The van der Waals surface area contributed by atoms with Gasteiger partial charge in [0.1, 0.15) is 5.82 Å². The molecule has 0 N–H and O–H groups in total. The summed E-state index contributed by atoms with van der Waals surface area (Å²) in [5.74, 6) is -0.653. The summed E-state index contributed by atoms with van der Waals surface area (Å²) in [4.78, 5) is 16.3. The average Bonchev–Trinajstić information content (AvgIpc) is 2.63. The molecule has 3 rings (SSSR count). The summed E-state index contributed by atoms with van der Waals surface area (Å²) < 4.78 is 14.0. The highest BCUT2D eigenvalue weighted by Crippen LogP contribution is 2.25. The van der Waals surface area contributed by atoms with Crippen molar-refractivity contribution in [1.82, 2.24) is 4.90 Å². The molecule has 0 radical (unpaired) electrons. The van der Waals surface area contributed by atoms with Crippen molar-refractivity contribution in [3.63, 3.8) is 0 Å². The van der Waals surface area contributed by atoms with E-state index in [9.17, 15) is 9.18 Å². The minimum absolute atomic E-state index is 0.208. The molecule has 1 saturated heterocycles. The number of rotatable bonds is 5. The number of carbonyl (C=O) groups excluding carboxylic acids is 1. The lowest BCUT2D eigenvalue weighted by Crippen LogP contribution is -2.46. The van der Waals surface area contributed by atoms with Gasteiger partial charge in [0.05, 0.1) is 11.3 Å². The Labute approximate surface area is 148 Å². The zero-order chi connectivity index (χ0) is 17.6. The zero-order valence-electron chi connectivity index (χ0n) is 14.5. The fourth-order valence-corrected chi connectivity index (χ4v) is 3.20. The van der Waals surface area contributed by atoms with Crippen LogP contribution in [0.15, 0.2) is 54.6 Å². The third-order valence-electron chi connectivity index (χ3n) is 4.53. The number of anilines is 1. The second kappa shape index (κ2) is 8.08. The van der Waals surface area contributed by atoms with Gasteiger partial charge in [-0.15, -0.1) is 0 Å². The summed E-state index contributed by atoms with van der Waals surface area (Å²) in [5.41, 5.74) is 2.12. The standard InChI is InChI=1S/C21H23FN2O/c1-17(25)21-19(22)10-5-11-20(21)24-15-13-23(14-16-24)12-6-9-18-7-3-2-4-8-18/h2-11H,12-16H2,1H3/b9-6+. The molecular formula is C21H23FN2O. The Hall–Kier alpha value is -2.46. The number of carbonyl (C=O) groups is 1. The average molecular weight is 338 g/mol. The van der Waals surface area contributed by atoms with Gasteiger partial charge in [-0.25, -0.2) is 4.39 Å². The van der Waals surface area contributed by atoms with Gasteiger partial charge in [0.25, 0.3) is 0 Å². The van der Waals surface area contributed by atoms with Crippen molar-refractivity contribution in [3.8, 4) is 0 Å². The van der Waals surface area contributed by atoms with Gasteiger partial charge in [0.15, 0.2) is 5.78 Å². The van der Waals surface area contributed by atoms with E-state index in [4.69, 9.17) is 0 Å². The maximum Gasteiger partial charge on any atom is 0.164 e. The molecule has 0 spiro atoms. The minimum Gasteiger partial charge on any atom is -0.368 e. The molecule has 2 aromatic rings. The topological polar surface area (TPSA) is 23.6 Å². The summed E-state index contributed by atoms with van der Waals surface area (Å²) in [7, 11) is 0. The Morgan fingerprint density at radius 3 is 2.44 bits per heavy atom. The number of ketones is 1. The molecule has 4 heteroatoms. The van der Waals surface area contributed by atoms with E-state index in [0.29, 0.717) is 5.69 Å². The van der Waals surface area contributed by atoms with Crippen molar-refractivity contribution in [2.75, 3.05) is 37.6 Å². The molecule has 1 heterocycles. The quantitative estimate of drug-likeness (QED) is 0.774. The van der Waals surface area contributed by atoms with E-state index >= 15 is 0 Å². The lowest BCUT2D eigenvalue weighted by atomic mass is 10.1. The van der Waals surface area contributed by atoms with E-state index in [2.05, 4.69) is 34.1 Å². The van der Waals surface area contributed by atoms with Crippen LogP contribution >= 0.6 is 0 Å². The normalized spacial score (nSPS) is 15.7. The molecule has 0 bridgehead atoms. The van der Waals surface area contributed by atoms with Crippen LogP contribution in [-0.2, 0) is 0 Å². The smallest absolute Gasteiger partial charge is 0.164 e.